The lowest BCUT2D eigenvalue weighted by molar-refractivity contribution is 0.102. The molecule has 1 aromatic heterocycles. The van der Waals surface area contributed by atoms with Gasteiger partial charge in [0.05, 0.1) is 16.8 Å². The molecule has 0 radical (unpaired) electrons. The van der Waals surface area contributed by atoms with Crippen molar-refractivity contribution in [2.24, 2.45) is 0 Å². The van der Waals surface area contributed by atoms with Crippen molar-refractivity contribution in [3.05, 3.63) is 42.2 Å². The summed E-state index contributed by atoms with van der Waals surface area (Å²) in [5.41, 5.74) is 0.927. The van der Waals surface area contributed by atoms with Crippen molar-refractivity contribution in [1.82, 2.24) is 10.2 Å². The third kappa shape index (κ3) is 2.75. The number of H-pyrrole nitrogens is 1. The second-order valence-electron chi connectivity index (χ2n) is 3.74. The third-order valence-corrected chi connectivity index (χ3v) is 3.43. The molecule has 0 spiro atoms. The Labute approximate surface area is 104 Å². The molecule has 94 valence electrons. The highest BCUT2D eigenvalue weighted by molar-refractivity contribution is 7.90. The van der Waals surface area contributed by atoms with Gasteiger partial charge in [-0.05, 0) is 24.3 Å². The fourth-order valence-corrected chi connectivity index (χ4v) is 2.01. The van der Waals surface area contributed by atoms with Crippen molar-refractivity contribution in [3.8, 4) is 0 Å². The zero-order valence-electron chi connectivity index (χ0n) is 9.54. The number of anilines is 1. The van der Waals surface area contributed by atoms with Crippen LogP contribution in [-0.4, -0.2) is 30.8 Å². The summed E-state index contributed by atoms with van der Waals surface area (Å²) in [7, 11) is -3.24. The maximum atomic E-state index is 11.8. The molecule has 0 aliphatic carbocycles. The summed E-state index contributed by atoms with van der Waals surface area (Å²) in [6, 6.07) is 5.73. The summed E-state index contributed by atoms with van der Waals surface area (Å²) < 4.78 is 22.5. The first-order valence-electron chi connectivity index (χ1n) is 5.07. The standard InChI is InChI=1S/C11H11N3O3S/c1-18(16,17)10-4-2-8(3-5-10)11(15)14-9-6-12-13-7-9/h2-7H,1H3,(H,12,13)(H,14,15). The first-order chi connectivity index (χ1) is 8.47. The van der Waals surface area contributed by atoms with Crippen LogP contribution in [0.2, 0.25) is 0 Å². The second-order valence-corrected chi connectivity index (χ2v) is 5.75. The summed E-state index contributed by atoms with van der Waals surface area (Å²) in [5.74, 6) is -0.323. The Morgan fingerprint density at radius 1 is 1.28 bits per heavy atom. The molecule has 1 heterocycles. The summed E-state index contributed by atoms with van der Waals surface area (Å²) in [6.07, 6.45) is 4.14. The molecule has 0 bridgehead atoms. The SMILES string of the molecule is CS(=O)(=O)c1ccc(C(=O)Nc2cn[nH]c2)cc1. The Balaban J connectivity index is 2.17. The van der Waals surface area contributed by atoms with E-state index < -0.39 is 9.84 Å². The van der Waals surface area contributed by atoms with Gasteiger partial charge in [0, 0.05) is 18.0 Å². The topological polar surface area (TPSA) is 91.9 Å². The summed E-state index contributed by atoms with van der Waals surface area (Å²) >= 11 is 0. The van der Waals surface area contributed by atoms with Crippen LogP contribution in [0.3, 0.4) is 0 Å². The van der Waals surface area contributed by atoms with Crippen molar-refractivity contribution in [2.75, 3.05) is 11.6 Å². The number of amides is 1. The highest BCUT2D eigenvalue weighted by Crippen LogP contribution is 2.12. The maximum absolute atomic E-state index is 11.8. The zero-order valence-corrected chi connectivity index (χ0v) is 10.4. The number of nitrogens with zero attached hydrogens (tertiary/aromatic N) is 1. The summed E-state index contributed by atoms with van der Waals surface area (Å²) in [6.45, 7) is 0. The van der Waals surface area contributed by atoms with E-state index in [1.165, 1.54) is 30.5 Å². The van der Waals surface area contributed by atoms with Crippen LogP contribution in [0.5, 0.6) is 0 Å². The number of carbonyl (C=O) groups excluding carboxylic acids is 1. The molecule has 2 rings (SSSR count). The van der Waals surface area contributed by atoms with Gasteiger partial charge in [-0.25, -0.2) is 8.42 Å². The van der Waals surface area contributed by atoms with Crippen molar-refractivity contribution >= 4 is 21.4 Å². The molecular formula is C11H11N3O3S. The number of nitrogens with one attached hydrogen (secondary N) is 2. The van der Waals surface area contributed by atoms with E-state index in [9.17, 15) is 13.2 Å². The lowest BCUT2D eigenvalue weighted by atomic mass is 10.2. The van der Waals surface area contributed by atoms with Gasteiger partial charge in [-0.1, -0.05) is 0 Å². The van der Waals surface area contributed by atoms with Crippen LogP contribution < -0.4 is 5.32 Å². The molecule has 1 aromatic carbocycles. The lowest BCUT2D eigenvalue weighted by Crippen LogP contribution is -2.11. The normalized spacial score (nSPS) is 11.2. The molecule has 0 atom stereocenters. The van der Waals surface area contributed by atoms with E-state index in [4.69, 9.17) is 0 Å². The monoisotopic (exact) mass is 265 g/mol. The molecular weight excluding hydrogens is 254 g/mol. The predicted molar refractivity (Wildman–Crippen MR) is 66.1 cm³/mol. The third-order valence-electron chi connectivity index (χ3n) is 2.30. The van der Waals surface area contributed by atoms with Gasteiger partial charge in [0.2, 0.25) is 0 Å². The molecule has 18 heavy (non-hydrogen) atoms. The molecule has 1 amide bonds. The molecule has 0 saturated heterocycles. The molecule has 0 aliphatic rings. The fraction of sp³-hybridized carbons (Fsp3) is 0.0909. The number of hydrogen-bond donors (Lipinski definition) is 2. The van der Waals surface area contributed by atoms with Gasteiger partial charge in [-0.2, -0.15) is 5.10 Å². The molecule has 6 nitrogen and oxygen atoms in total. The second kappa shape index (κ2) is 4.61. The number of aromatic amines is 1. The largest absolute Gasteiger partial charge is 0.319 e. The molecule has 2 aromatic rings. The van der Waals surface area contributed by atoms with Crippen LogP contribution in [0, 0.1) is 0 Å². The Morgan fingerprint density at radius 3 is 2.44 bits per heavy atom. The van der Waals surface area contributed by atoms with Gasteiger partial charge in [-0.15, -0.1) is 0 Å². The molecule has 0 fully saturated rings. The average Bonchev–Trinajstić information content (AvgIpc) is 2.81. The van der Waals surface area contributed by atoms with Crippen molar-refractivity contribution in [1.29, 1.82) is 0 Å². The molecule has 2 N–H and O–H groups in total. The van der Waals surface area contributed by atoms with Crippen LogP contribution in [0.15, 0.2) is 41.6 Å². The quantitative estimate of drug-likeness (QED) is 0.868. The van der Waals surface area contributed by atoms with Gasteiger partial charge >= 0.3 is 0 Å². The van der Waals surface area contributed by atoms with Gasteiger partial charge in [0.15, 0.2) is 9.84 Å². The van der Waals surface area contributed by atoms with E-state index in [2.05, 4.69) is 15.5 Å². The van der Waals surface area contributed by atoms with Crippen molar-refractivity contribution < 1.29 is 13.2 Å². The van der Waals surface area contributed by atoms with Crippen molar-refractivity contribution in [3.63, 3.8) is 0 Å². The van der Waals surface area contributed by atoms with Crippen LogP contribution >= 0.6 is 0 Å². The molecule has 0 unspecified atom stereocenters. The smallest absolute Gasteiger partial charge is 0.255 e. The predicted octanol–water partition coefficient (Wildman–Crippen LogP) is 1.07. The number of hydrogen-bond acceptors (Lipinski definition) is 4. The van der Waals surface area contributed by atoms with Gasteiger partial charge < -0.3 is 5.32 Å². The minimum atomic E-state index is -3.24. The van der Waals surface area contributed by atoms with Crippen LogP contribution in [-0.2, 0) is 9.84 Å². The summed E-state index contributed by atoms with van der Waals surface area (Å²) in [5, 5.41) is 8.88. The van der Waals surface area contributed by atoms with E-state index in [1.807, 2.05) is 0 Å². The van der Waals surface area contributed by atoms with Crippen LogP contribution in [0.4, 0.5) is 5.69 Å². The number of aromatic nitrogens is 2. The van der Waals surface area contributed by atoms with E-state index in [0.29, 0.717) is 11.3 Å². The van der Waals surface area contributed by atoms with E-state index in [0.717, 1.165) is 6.26 Å². The van der Waals surface area contributed by atoms with Gasteiger partial charge in [-0.3, -0.25) is 9.89 Å². The number of carbonyl (C=O) groups is 1. The van der Waals surface area contributed by atoms with Gasteiger partial charge in [0.25, 0.3) is 5.91 Å². The first-order valence-corrected chi connectivity index (χ1v) is 6.96. The Morgan fingerprint density at radius 2 is 1.94 bits per heavy atom. The lowest BCUT2D eigenvalue weighted by Gasteiger charge is -2.03. The maximum Gasteiger partial charge on any atom is 0.255 e. The number of benzene rings is 1. The molecule has 7 heteroatoms. The average molecular weight is 265 g/mol. The fourth-order valence-electron chi connectivity index (χ4n) is 1.38. The Bertz CT molecular complexity index is 645. The number of rotatable bonds is 3. The van der Waals surface area contributed by atoms with Crippen LogP contribution in [0.25, 0.3) is 0 Å². The highest BCUT2D eigenvalue weighted by Gasteiger charge is 2.10. The first kappa shape index (κ1) is 12.3. The van der Waals surface area contributed by atoms with E-state index >= 15 is 0 Å². The molecule has 0 saturated carbocycles. The minimum absolute atomic E-state index is 0.183. The zero-order chi connectivity index (χ0) is 13.2. The van der Waals surface area contributed by atoms with E-state index in [1.54, 1.807) is 6.20 Å². The molecule has 0 aliphatic heterocycles. The Hall–Kier alpha value is -2.15. The van der Waals surface area contributed by atoms with Crippen molar-refractivity contribution in [2.45, 2.75) is 4.90 Å². The minimum Gasteiger partial charge on any atom is -0.319 e. The highest BCUT2D eigenvalue weighted by atomic mass is 32.2. The summed E-state index contributed by atoms with van der Waals surface area (Å²) in [4.78, 5) is 12.0. The number of sulfone groups is 1. The van der Waals surface area contributed by atoms with Gasteiger partial charge in [0.1, 0.15) is 0 Å². The Kier molecular flexibility index (Phi) is 3.15. The van der Waals surface area contributed by atoms with E-state index in [-0.39, 0.29) is 10.8 Å². The van der Waals surface area contributed by atoms with Crippen LogP contribution in [0.1, 0.15) is 10.4 Å².